The Labute approximate surface area is 107 Å². The quantitative estimate of drug-likeness (QED) is 0.436. The maximum atomic E-state index is 11.5. The summed E-state index contributed by atoms with van der Waals surface area (Å²) in [7, 11) is 0. The van der Waals surface area contributed by atoms with Gasteiger partial charge in [-0.05, 0) is 31.6 Å². The Hall–Kier alpha value is 0.930. The second-order valence-electron chi connectivity index (χ2n) is 3.55. The monoisotopic (exact) mass is 407 g/mol. The lowest BCUT2D eigenvalue weighted by atomic mass is 9.82. The zero-order valence-electron chi connectivity index (χ0n) is 7.56. The van der Waals surface area contributed by atoms with E-state index in [9.17, 15) is 4.79 Å². The zero-order valence-corrected chi connectivity index (χ0v) is 11.9. The Morgan fingerprint density at radius 3 is 2.31 bits per heavy atom. The average Bonchev–Trinajstić information content (AvgIpc) is 2.18. The maximum absolute atomic E-state index is 11.5. The SMILES string of the molecule is O=C(NCI)C1CCC(CI)CC1. The molecule has 0 radical (unpaired) electrons. The Balaban J connectivity index is 2.28. The number of alkyl halides is 2. The van der Waals surface area contributed by atoms with Gasteiger partial charge in [-0.2, -0.15) is 0 Å². The summed E-state index contributed by atoms with van der Waals surface area (Å²) in [5.74, 6) is 1.43. The van der Waals surface area contributed by atoms with E-state index in [4.69, 9.17) is 0 Å². The van der Waals surface area contributed by atoms with Crippen LogP contribution in [0.4, 0.5) is 0 Å². The van der Waals surface area contributed by atoms with Crippen LogP contribution in [0, 0.1) is 11.8 Å². The van der Waals surface area contributed by atoms with Gasteiger partial charge in [-0.3, -0.25) is 4.79 Å². The van der Waals surface area contributed by atoms with Gasteiger partial charge in [0.25, 0.3) is 0 Å². The van der Waals surface area contributed by atoms with Gasteiger partial charge in [-0.25, -0.2) is 0 Å². The Morgan fingerprint density at radius 2 is 1.85 bits per heavy atom. The molecule has 0 heterocycles. The van der Waals surface area contributed by atoms with Crippen molar-refractivity contribution in [3.05, 3.63) is 0 Å². The van der Waals surface area contributed by atoms with Crippen molar-refractivity contribution in [3.63, 3.8) is 0 Å². The molecule has 1 fully saturated rings. The molecule has 0 spiro atoms. The molecule has 1 aliphatic carbocycles. The van der Waals surface area contributed by atoms with E-state index in [1.54, 1.807) is 0 Å². The number of halogens is 2. The van der Waals surface area contributed by atoms with E-state index in [-0.39, 0.29) is 5.91 Å². The summed E-state index contributed by atoms with van der Waals surface area (Å²) in [6, 6.07) is 0. The highest BCUT2D eigenvalue weighted by atomic mass is 127. The molecule has 0 aromatic rings. The second kappa shape index (κ2) is 6.42. The van der Waals surface area contributed by atoms with Crippen LogP contribution in [0.1, 0.15) is 25.7 Å². The molecule has 13 heavy (non-hydrogen) atoms. The molecule has 0 unspecified atom stereocenters. The number of hydrogen-bond acceptors (Lipinski definition) is 1. The summed E-state index contributed by atoms with van der Waals surface area (Å²) in [5.41, 5.74) is 0. The van der Waals surface area contributed by atoms with E-state index < -0.39 is 0 Å². The smallest absolute Gasteiger partial charge is 0.223 e. The minimum Gasteiger partial charge on any atom is -0.347 e. The van der Waals surface area contributed by atoms with E-state index in [0.29, 0.717) is 5.92 Å². The highest BCUT2D eigenvalue weighted by molar-refractivity contribution is 14.1. The van der Waals surface area contributed by atoms with Gasteiger partial charge < -0.3 is 5.32 Å². The molecule has 0 aromatic carbocycles. The first kappa shape index (κ1) is 12.0. The minimum atomic E-state index is 0.265. The minimum absolute atomic E-state index is 0.265. The number of amides is 1. The molecule has 0 atom stereocenters. The fourth-order valence-corrected chi connectivity index (χ4v) is 3.05. The van der Waals surface area contributed by atoms with Gasteiger partial charge in [0.1, 0.15) is 0 Å². The van der Waals surface area contributed by atoms with Crippen LogP contribution < -0.4 is 5.32 Å². The molecule has 1 N–H and O–H groups in total. The summed E-state index contributed by atoms with van der Waals surface area (Å²) in [6.07, 6.45) is 4.66. The van der Waals surface area contributed by atoms with Gasteiger partial charge in [-0.15, -0.1) is 0 Å². The summed E-state index contributed by atoms with van der Waals surface area (Å²) < 4.78 is 1.99. The standard InChI is InChI=1S/C9H15I2NO/c10-5-7-1-3-8(4-2-7)9(13)12-6-11/h7-8H,1-6H2,(H,12,13). The summed E-state index contributed by atoms with van der Waals surface area (Å²) in [4.78, 5) is 11.5. The van der Waals surface area contributed by atoms with Gasteiger partial charge in [0.05, 0.1) is 4.55 Å². The van der Waals surface area contributed by atoms with Crippen LogP contribution in [0.3, 0.4) is 0 Å². The molecule has 0 saturated heterocycles. The fraction of sp³-hybridized carbons (Fsp3) is 0.889. The zero-order chi connectivity index (χ0) is 9.68. The van der Waals surface area contributed by atoms with Crippen molar-refractivity contribution in [1.29, 1.82) is 0 Å². The molecule has 0 bridgehead atoms. The van der Waals surface area contributed by atoms with E-state index >= 15 is 0 Å². The molecule has 1 aliphatic rings. The van der Waals surface area contributed by atoms with Crippen molar-refractivity contribution in [2.45, 2.75) is 25.7 Å². The lowest BCUT2D eigenvalue weighted by Gasteiger charge is -2.26. The first-order chi connectivity index (χ1) is 6.27. The van der Waals surface area contributed by atoms with Gasteiger partial charge >= 0.3 is 0 Å². The number of hydrogen-bond donors (Lipinski definition) is 1. The predicted molar refractivity (Wildman–Crippen MR) is 71.4 cm³/mol. The summed E-state index contributed by atoms with van der Waals surface area (Å²) in [5, 5.41) is 2.89. The van der Waals surface area contributed by atoms with Crippen LogP contribution in [0.5, 0.6) is 0 Å². The van der Waals surface area contributed by atoms with Crippen LogP contribution in [0.15, 0.2) is 0 Å². The van der Waals surface area contributed by atoms with Crippen LogP contribution in [-0.4, -0.2) is 14.9 Å². The van der Waals surface area contributed by atoms with Crippen LogP contribution in [0.25, 0.3) is 0 Å². The van der Waals surface area contributed by atoms with E-state index in [0.717, 1.165) is 23.3 Å². The van der Waals surface area contributed by atoms with Crippen molar-refractivity contribution in [3.8, 4) is 0 Å². The van der Waals surface area contributed by atoms with E-state index in [1.165, 1.54) is 17.3 Å². The number of carbonyl (C=O) groups is 1. The highest BCUT2D eigenvalue weighted by Crippen LogP contribution is 2.29. The van der Waals surface area contributed by atoms with Crippen molar-refractivity contribution in [2.24, 2.45) is 11.8 Å². The Bertz CT molecular complexity index is 167. The van der Waals surface area contributed by atoms with Crippen molar-refractivity contribution in [2.75, 3.05) is 8.98 Å². The number of carbonyl (C=O) groups excluding carboxylic acids is 1. The van der Waals surface area contributed by atoms with Gasteiger partial charge in [-0.1, -0.05) is 45.2 Å². The van der Waals surface area contributed by atoms with Gasteiger partial charge in [0.15, 0.2) is 0 Å². The van der Waals surface area contributed by atoms with Crippen LogP contribution >= 0.6 is 45.2 Å². The third-order valence-corrected chi connectivity index (χ3v) is 4.30. The van der Waals surface area contributed by atoms with E-state index in [2.05, 4.69) is 50.5 Å². The summed E-state index contributed by atoms with van der Waals surface area (Å²) in [6.45, 7) is 0. The normalized spacial score (nSPS) is 28.5. The third-order valence-electron chi connectivity index (χ3n) is 2.68. The van der Waals surface area contributed by atoms with Crippen molar-refractivity contribution >= 4 is 51.1 Å². The van der Waals surface area contributed by atoms with Crippen LogP contribution in [-0.2, 0) is 4.79 Å². The lowest BCUT2D eigenvalue weighted by Crippen LogP contribution is -2.32. The molecule has 1 amide bonds. The van der Waals surface area contributed by atoms with Crippen molar-refractivity contribution in [1.82, 2.24) is 5.32 Å². The van der Waals surface area contributed by atoms with Gasteiger partial charge in [0.2, 0.25) is 5.91 Å². The molecular formula is C9H15I2NO. The number of nitrogens with one attached hydrogen (secondary N) is 1. The average molecular weight is 407 g/mol. The summed E-state index contributed by atoms with van der Waals surface area (Å²) >= 11 is 4.62. The molecule has 2 nitrogen and oxygen atoms in total. The molecule has 0 aliphatic heterocycles. The predicted octanol–water partition coefficient (Wildman–Crippen LogP) is 2.74. The molecule has 0 aromatic heterocycles. The molecule has 1 rings (SSSR count). The molecule has 4 heteroatoms. The largest absolute Gasteiger partial charge is 0.347 e. The second-order valence-corrected chi connectivity index (χ2v) is 5.19. The van der Waals surface area contributed by atoms with Gasteiger partial charge in [0, 0.05) is 10.3 Å². The Morgan fingerprint density at radius 1 is 1.23 bits per heavy atom. The highest BCUT2D eigenvalue weighted by Gasteiger charge is 2.24. The first-order valence-electron chi connectivity index (χ1n) is 4.67. The number of rotatable bonds is 3. The topological polar surface area (TPSA) is 29.1 Å². The maximum Gasteiger partial charge on any atom is 0.223 e. The van der Waals surface area contributed by atoms with Crippen LogP contribution in [0.2, 0.25) is 0 Å². The Kier molecular flexibility index (Phi) is 5.93. The fourth-order valence-electron chi connectivity index (χ4n) is 1.79. The third kappa shape index (κ3) is 3.89. The van der Waals surface area contributed by atoms with E-state index in [1.807, 2.05) is 0 Å². The molecular weight excluding hydrogens is 392 g/mol. The van der Waals surface area contributed by atoms with Crippen molar-refractivity contribution < 1.29 is 4.79 Å². The lowest BCUT2D eigenvalue weighted by molar-refractivity contribution is -0.125. The first-order valence-corrected chi connectivity index (χ1v) is 7.72. The molecule has 1 saturated carbocycles. The molecule has 76 valence electrons.